The highest BCUT2D eigenvalue weighted by Crippen LogP contribution is 2.38. The number of ether oxygens (including phenoxy) is 1. The predicted octanol–water partition coefficient (Wildman–Crippen LogP) is 6.36. The Bertz CT molecular complexity index is 889. The lowest BCUT2D eigenvalue weighted by molar-refractivity contribution is 0.0601. The number of anilines is 1. The summed E-state index contributed by atoms with van der Waals surface area (Å²) >= 11 is 7.25. The number of esters is 1. The summed E-state index contributed by atoms with van der Waals surface area (Å²) in [7, 11) is 1.44. The van der Waals surface area contributed by atoms with Crippen LogP contribution in [0.15, 0.2) is 24.3 Å². The topological polar surface area (TPSA) is 50.4 Å². The maximum Gasteiger partial charge on any atom is 0.341 e. The largest absolute Gasteiger partial charge is 0.465 e. The number of carbonyl (C=O) groups excluding carboxylic acids is 1. The van der Waals surface area contributed by atoms with Crippen LogP contribution in [0.5, 0.6) is 0 Å². The second-order valence-corrected chi connectivity index (χ2v) is 9.46. The molecule has 30 heavy (non-hydrogen) atoms. The van der Waals surface area contributed by atoms with E-state index in [9.17, 15) is 4.79 Å². The van der Waals surface area contributed by atoms with Crippen LogP contribution in [-0.2, 0) is 17.6 Å². The Hall–Kier alpha value is -1.92. The summed E-state index contributed by atoms with van der Waals surface area (Å²) in [4.78, 5) is 13.7. The highest BCUT2D eigenvalue weighted by atomic mass is 32.1. The Balaban J connectivity index is 1.74. The van der Waals surface area contributed by atoms with Crippen molar-refractivity contribution in [2.24, 2.45) is 0 Å². The van der Waals surface area contributed by atoms with E-state index in [-0.39, 0.29) is 12.0 Å². The minimum Gasteiger partial charge on any atom is -0.465 e. The highest BCUT2D eigenvalue weighted by molar-refractivity contribution is 7.80. The summed E-state index contributed by atoms with van der Waals surface area (Å²) in [5.74, 6) is 0.281. The number of aryl methyl sites for hydroxylation is 1. The molecule has 162 valence electrons. The van der Waals surface area contributed by atoms with Gasteiger partial charge in [-0.25, -0.2) is 4.79 Å². The van der Waals surface area contributed by atoms with Gasteiger partial charge in [-0.05, 0) is 73.4 Å². The van der Waals surface area contributed by atoms with E-state index in [0.717, 1.165) is 42.7 Å². The van der Waals surface area contributed by atoms with Gasteiger partial charge in [0, 0.05) is 4.88 Å². The third kappa shape index (κ3) is 5.03. The molecule has 0 amide bonds. The molecule has 2 unspecified atom stereocenters. The van der Waals surface area contributed by atoms with E-state index in [0.29, 0.717) is 16.6 Å². The molecule has 3 rings (SSSR count). The second-order valence-electron chi connectivity index (χ2n) is 7.94. The first-order valence-corrected chi connectivity index (χ1v) is 12.1. The highest BCUT2D eigenvalue weighted by Gasteiger charge is 2.26. The predicted molar refractivity (Wildman–Crippen MR) is 130 cm³/mol. The van der Waals surface area contributed by atoms with Crippen LogP contribution in [0, 0.1) is 0 Å². The van der Waals surface area contributed by atoms with Crippen molar-refractivity contribution < 1.29 is 9.53 Å². The molecule has 6 heteroatoms. The number of methoxy groups -OCH3 is 1. The van der Waals surface area contributed by atoms with E-state index < -0.39 is 0 Å². The monoisotopic (exact) mass is 444 g/mol. The number of carbonyl (C=O) groups is 1. The molecule has 1 aromatic carbocycles. The van der Waals surface area contributed by atoms with Gasteiger partial charge in [-0.3, -0.25) is 0 Å². The van der Waals surface area contributed by atoms with Crippen LogP contribution in [0.1, 0.15) is 90.3 Å². The molecule has 1 aromatic heterocycles. The van der Waals surface area contributed by atoms with Gasteiger partial charge < -0.3 is 15.4 Å². The molecule has 0 saturated heterocycles. The number of benzene rings is 1. The average molecular weight is 445 g/mol. The lowest BCUT2D eigenvalue weighted by Gasteiger charge is -2.21. The second kappa shape index (κ2) is 10.4. The zero-order valence-electron chi connectivity index (χ0n) is 18.3. The first-order valence-electron chi connectivity index (χ1n) is 10.9. The van der Waals surface area contributed by atoms with Crippen LogP contribution in [0.4, 0.5) is 5.00 Å². The minimum absolute atomic E-state index is 0.118. The van der Waals surface area contributed by atoms with Crippen molar-refractivity contribution in [1.82, 2.24) is 5.32 Å². The van der Waals surface area contributed by atoms with Gasteiger partial charge in [0.05, 0.1) is 18.7 Å². The van der Waals surface area contributed by atoms with Crippen molar-refractivity contribution in [3.63, 3.8) is 0 Å². The Morgan fingerprint density at radius 1 is 1.13 bits per heavy atom. The maximum absolute atomic E-state index is 12.4. The SMILES string of the molecule is CCC(C)c1ccc(C(CC)NC(=S)Nc2sc3c(c2C(=O)OC)CCCC3)cc1. The quantitative estimate of drug-likeness (QED) is 0.384. The maximum atomic E-state index is 12.4. The van der Waals surface area contributed by atoms with Crippen molar-refractivity contribution in [2.75, 3.05) is 12.4 Å². The van der Waals surface area contributed by atoms with Crippen molar-refractivity contribution in [3.05, 3.63) is 51.4 Å². The molecular formula is C24H32N2O2S2. The molecule has 2 aromatic rings. The molecule has 1 aliphatic rings. The van der Waals surface area contributed by atoms with Crippen molar-refractivity contribution in [2.45, 2.75) is 71.3 Å². The first-order chi connectivity index (χ1) is 14.5. The van der Waals surface area contributed by atoms with Gasteiger partial charge in [0.1, 0.15) is 5.00 Å². The fourth-order valence-electron chi connectivity index (χ4n) is 3.98. The molecule has 0 fully saturated rings. The molecule has 2 N–H and O–H groups in total. The van der Waals surface area contributed by atoms with Crippen LogP contribution >= 0.6 is 23.6 Å². The number of hydrogen-bond acceptors (Lipinski definition) is 4. The molecule has 2 atom stereocenters. The molecule has 4 nitrogen and oxygen atoms in total. The Morgan fingerprint density at radius 2 is 1.80 bits per heavy atom. The van der Waals surface area contributed by atoms with E-state index in [4.69, 9.17) is 17.0 Å². The van der Waals surface area contributed by atoms with Crippen molar-refractivity contribution in [3.8, 4) is 0 Å². The fourth-order valence-corrected chi connectivity index (χ4v) is 5.57. The van der Waals surface area contributed by atoms with Crippen LogP contribution in [-0.4, -0.2) is 18.2 Å². The van der Waals surface area contributed by atoms with Gasteiger partial charge in [-0.15, -0.1) is 11.3 Å². The number of hydrogen-bond donors (Lipinski definition) is 2. The van der Waals surface area contributed by atoms with Gasteiger partial charge in [-0.1, -0.05) is 45.0 Å². The average Bonchev–Trinajstić information content (AvgIpc) is 3.14. The van der Waals surface area contributed by atoms with Crippen molar-refractivity contribution in [1.29, 1.82) is 0 Å². The Morgan fingerprint density at radius 3 is 2.43 bits per heavy atom. The molecule has 0 radical (unpaired) electrons. The summed E-state index contributed by atoms with van der Waals surface area (Å²) in [5, 5.41) is 8.07. The summed E-state index contributed by atoms with van der Waals surface area (Å²) in [6, 6.07) is 8.93. The van der Waals surface area contributed by atoms with Crippen molar-refractivity contribution >= 4 is 39.6 Å². The zero-order chi connectivity index (χ0) is 21.7. The molecule has 0 aliphatic heterocycles. The molecule has 1 heterocycles. The molecule has 0 bridgehead atoms. The molecule has 0 saturated carbocycles. The number of nitrogens with one attached hydrogen (secondary N) is 2. The Kier molecular flexibility index (Phi) is 7.89. The lowest BCUT2D eigenvalue weighted by atomic mass is 9.95. The van der Waals surface area contributed by atoms with E-state index in [2.05, 4.69) is 55.7 Å². The minimum atomic E-state index is -0.285. The van der Waals surface area contributed by atoms with Gasteiger partial charge in [0.2, 0.25) is 0 Å². The van der Waals surface area contributed by atoms with Gasteiger partial charge in [0.25, 0.3) is 0 Å². The number of thiocarbonyl (C=S) groups is 1. The van der Waals surface area contributed by atoms with Gasteiger partial charge >= 0.3 is 5.97 Å². The third-order valence-electron chi connectivity index (χ3n) is 6.02. The summed E-state index contributed by atoms with van der Waals surface area (Å²) in [6.07, 6.45) is 6.27. The number of rotatable bonds is 7. The molecular weight excluding hydrogens is 412 g/mol. The fraction of sp³-hybridized carbons (Fsp3) is 0.500. The third-order valence-corrected chi connectivity index (χ3v) is 7.45. The zero-order valence-corrected chi connectivity index (χ0v) is 20.0. The summed E-state index contributed by atoms with van der Waals surface area (Å²) in [5.41, 5.74) is 4.37. The summed E-state index contributed by atoms with van der Waals surface area (Å²) in [6.45, 7) is 6.61. The standard InChI is InChI=1S/C24H32N2O2S2/c1-5-15(3)16-11-13-17(14-12-16)19(6-2)25-24(29)26-22-21(23(27)28-4)18-9-7-8-10-20(18)30-22/h11-15,19H,5-10H2,1-4H3,(H2,25,26,29). The number of thiophene rings is 1. The summed E-state index contributed by atoms with van der Waals surface area (Å²) < 4.78 is 5.06. The first kappa shape index (κ1) is 22.8. The van der Waals surface area contributed by atoms with Gasteiger partial charge in [-0.2, -0.15) is 0 Å². The lowest BCUT2D eigenvalue weighted by Crippen LogP contribution is -2.32. The Labute approximate surface area is 189 Å². The molecule has 0 spiro atoms. The van der Waals surface area contributed by atoms with Crippen LogP contribution < -0.4 is 10.6 Å². The van der Waals surface area contributed by atoms with Gasteiger partial charge in [0.15, 0.2) is 5.11 Å². The normalized spacial score (nSPS) is 15.1. The van der Waals surface area contributed by atoms with E-state index in [1.807, 2.05) is 0 Å². The van der Waals surface area contributed by atoms with Crippen LogP contribution in [0.3, 0.4) is 0 Å². The van der Waals surface area contributed by atoms with Crippen LogP contribution in [0.2, 0.25) is 0 Å². The van der Waals surface area contributed by atoms with Crippen LogP contribution in [0.25, 0.3) is 0 Å². The van der Waals surface area contributed by atoms with E-state index in [1.165, 1.54) is 29.5 Å². The van der Waals surface area contributed by atoms with E-state index in [1.54, 1.807) is 11.3 Å². The van der Waals surface area contributed by atoms with E-state index >= 15 is 0 Å². The smallest absolute Gasteiger partial charge is 0.341 e. The molecule has 1 aliphatic carbocycles. The number of fused-ring (bicyclic) bond motifs is 1.